The number of hydrogen-bond donors (Lipinski definition) is 4. The summed E-state index contributed by atoms with van der Waals surface area (Å²) in [7, 11) is -2.52. The predicted octanol–water partition coefficient (Wildman–Crippen LogP) is 5.68. The fourth-order valence-corrected chi connectivity index (χ4v) is 5.93. The van der Waals surface area contributed by atoms with Crippen molar-refractivity contribution in [2.24, 2.45) is 11.8 Å². The van der Waals surface area contributed by atoms with Crippen LogP contribution in [0.4, 0.5) is 0 Å². The minimum Gasteiger partial charge on any atom is -0.481 e. The van der Waals surface area contributed by atoms with Crippen molar-refractivity contribution in [2.45, 2.75) is 96.1 Å². The van der Waals surface area contributed by atoms with Gasteiger partial charge in [0.05, 0.1) is 25.4 Å². The smallest absolute Gasteiger partial charge is 0.317 e. The lowest BCUT2D eigenvalue weighted by atomic mass is 9.93. The molecule has 0 aromatic heterocycles. The van der Waals surface area contributed by atoms with Gasteiger partial charge in [-0.25, -0.2) is 0 Å². The predicted molar refractivity (Wildman–Crippen MR) is 168 cm³/mol. The molecule has 4 N–H and O–H groups in total. The molecule has 11 nitrogen and oxygen atoms in total. The summed E-state index contributed by atoms with van der Waals surface area (Å²) in [5, 5.41) is 38.3. The lowest BCUT2D eigenvalue weighted by molar-refractivity contribution is -0.158. The summed E-state index contributed by atoms with van der Waals surface area (Å²) < 4.78 is 19.0. The van der Waals surface area contributed by atoms with Gasteiger partial charge in [0, 0.05) is 6.10 Å². The highest BCUT2D eigenvalue weighted by Crippen LogP contribution is 2.39. The van der Waals surface area contributed by atoms with Crippen LogP contribution in [0.1, 0.15) is 57.6 Å². The molecule has 0 saturated heterocycles. The summed E-state index contributed by atoms with van der Waals surface area (Å²) in [6.45, 7) is 10.4. The highest BCUT2D eigenvalue weighted by atomic mass is 28.4. The molecule has 0 aliphatic carbocycles. The van der Waals surface area contributed by atoms with Crippen molar-refractivity contribution < 1.29 is 53.5 Å². The third-order valence-corrected chi connectivity index (χ3v) is 12.7. The standard InChI is InChI=1S/C33H46O11Si/c1-33(2,3)45(4,5)44-26(16-24(18-27(29(34)35)30(36)37)42-20-22-12-8-6-9-13-22)17-25(19-28(31(38)39)32(40)41)43-21-23-14-10-7-11-15-23/h6-15,24-28H,16-21H2,1-5H3,(H,34,35)(H,36,37)(H,38,39)(H,40,41)/t24-,25-/m1/s1. The normalized spacial score (nSPS) is 13.6. The highest BCUT2D eigenvalue weighted by Gasteiger charge is 2.41. The van der Waals surface area contributed by atoms with Crippen LogP contribution in [-0.4, -0.2) is 70.9 Å². The largest absolute Gasteiger partial charge is 0.481 e. The Hall–Kier alpha value is -3.58. The van der Waals surface area contributed by atoms with Crippen molar-refractivity contribution in [1.29, 1.82) is 0 Å². The number of aliphatic carboxylic acids is 4. The molecule has 0 bridgehead atoms. The maximum atomic E-state index is 11.9. The van der Waals surface area contributed by atoms with E-state index in [-0.39, 0.29) is 43.9 Å². The third-order valence-electron chi connectivity index (χ3n) is 8.17. The zero-order valence-corrected chi connectivity index (χ0v) is 27.5. The van der Waals surface area contributed by atoms with Gasteiger partial charge in [-0.15, -0.1) is 0 Å². The van der Waals surface area contributed by atoms with Crippen LogP contribution in [0.2, 0.25) is 18.1 Å². The summed E-state index contributed by atoms with van der Waals surface area (Å²) in [6, 6.07) is 18.3. The van der Waals surface area contributed by atoms with Crippen LogP contribution in [0, 0.1) is 11.8 Å². The molecule has 0 spiro atoms. The van der Waals surface area contributed by atoms with Crippen molar-refractivity contribution >= 4 is 32.2 Å². The molecule has 2 aromatic carbocycles. The summed E-state index contributed by atoms with van der Waals surface area (Å²) >= 11 is 0. The molecule has 0 aliphatic heterocycles. The molecule has 0 radical (unpaired) electrons. The van der Waals surface area contributed by atoms with Gasteiger partial charge in [0.25, 0.3) is 0 Å². The lowest BCUT2D eigenvalue weighted by Crippen LogP contribution is -2.46. The number of rotatable bonds is 20. The van der Waals surface area contributed by atoms with Crippen LogP contribution in [0.25, 0.3) is 0 Å². The van der Waals surface area contributed by atoms with Crippen LogP contribution in [0.3, 0.4) is 0 Å². The third kappa shape index (κ3) is 12.7. The average Bonchev–Trinajstić information content (AvgIpc) is 2.95. The molecule has 45 heavy (non-hydrogen) atoms. The fraction of sp³-hybridized carbons (Fsp3) is 0.515. The summed E-state index contributed by atoms with van der Waals surface area (Å²) in [6.07, 6.45) is -2.96. The first-order valence-corrected chi connectivity index (χ1v) is 17.8. The minimum absolute atomic E-state index is 0.0758. The van der Waals surface area contributed by atoms with Gasteiger partial charge in [-0.1, -0.05) is 81.4 Å². The number of carboxylic acids is 4. The minimum atomic E-state index is -2.52. The highest BCUT2D eigenvalue weighted by molar-refractivity contribution is 6.74. The van der Waals surface area contributed by atoms with Crippen molar-refractivity contribution in [3.63, 3.8) is 0 Å². The van der Waals surface area contributed by atoms with Gasteiger partial charge in [-0.3, -0.25) is 19.2 Å². The van der Waals surface area contributed by atoms with E-state index in [1.165, 1.54) is 0 Å². The molecule has 0 unspecified atom stereocenters. The van der Waals surface area contributed by atoms with Crippen molar-refractivity contribution in [3.05, 3.63) is 71.8 Å². The Morgan fingerprint density at radius 3 is 1.22 bits per heavy atom. The van der Waals surface area contributed by atoms with Gasteiger partial charge in [0.15, 0.2) is 20.2 Å². The monoisotopic (exact) mass is 646 g/mol. The zero-order valence-electron chi connectivity index (χ0n) is 26.5. The van der Waals surface area contributed by atoms with E-state index in [0.717, 1.165) is 11.1 Å². The van der Waals surface area contributed by atoms with Gasteiger partial charge in [-0.2, -0.15) is 0 Å². The Morgan fingerprint density at radius 2 is 0.933 bits per heavy atom. The van der Waals surface area contributed by atoms with E-state index >= 15 is 0 Å². The molecule has 2 aromatic rings. The van der Waals surface area contributed by atoms with Crippen LogP contribution in [-0.2, 0) is 46.3 Å². The van der Waals surface area contributed by atoms with Gasteiger partial charge in [0.1, 0.15) is 0 Å². The molecule has 0 amide bonds. The van der Waals surface area contributed by atoms with E-state index in [9.17, 15) is 39.6 Å². The fourth-order valence-electron chi connectivity index (χ4n) is 4.55. The maximum Gasteiger partial charge on any atom is 0.317 e. The Labute approximate surface area is 265 Å². The van der Waals surface area contributed by atoms with E-state index in [0.29, 0.717) is 0 Å². The SMILES string of the molecule is CC(C)(C)[Si](C)(C)OC(C[C@H](CC(C(=O)O)C(=O)O)OCc1ccccc1)C[C@H](CC(C(=O)O)C(=O)O)OCc1ccccc1. The lowest BCUT2D eigenvalue weighted by Gasteiger charge is -2.41. The van der Waals surface area contributed by atoms with E-state index in [4.69, 9.17) is 13.9 Å². The summed E-state index contributed by atoms with van der Waals surface area (Å²) in [4.78, 5) is 47.4. The van der Waals surface area contributed by atoms with Gasteiger partial charge >= 0.3 is 23.9 Å². The van der Waals surface area contributed by atoms with Crippen LogP contribution >= 0.6 is 0 Å². The van der Waals surface area contributed by atoms with Crippen molar-refractivity contribution in [2.75, 3.05) is 0 Å². The molecule has 0 fully saturated rings. The van der Waals surface area contributed by atoms with Crippen LogP contribution in [0.5, 0.6) is 0 Å². The van der Waals surface area contributed by atoms with E-state index in [1.54, 1.807) is 0 Å². The number of carbonyl (C=O) groups is 4. The van der Waals surface area contributed by atoms with Gasteiger partial charge in [-0.05, 0) is 54.9 Å². The molecule has 2 atom stereocenters. The van der Waals surface area contributed by atoms with Crippen LogP contribution < -0.4 is 0 Å². The Bertz CT molecular complexity index is 1130. The van der Waals surface area contributed by atoms with Crippen molar-refractivity contribution in [1.82, 2.24) is 0 Å². The summed E-state index contributed by atoms with van der Waals surface area (Å²) in [5.74, 6) is -9.43. The first kappa shape index (κ1) is 37.6. The molecular formula is C33H46O11Si. The molecule has 248 valence electrons. The van der Waals surface area contributed by atoms with E-state index in [2.05, 4.69) is 0 Å². The first-order valence-electron chi connectivity index (χ1n) is 14.9. The number of carboxylic acid groups (broad SMARTS) is 4. The second-order valence-electron chi connectivity index (χ2n) is 12.7. The Balaban J connectivity index is 2.47. The Kier molecular flexibility index (Phi) is 14.4. The molecule has 0 saturated carbocycles. The number of ether oxygens (including phenoxy) is 2. The van der Waals surface area contributed by atoms with Crippen molar-refractivity contribution in [3.8, 4) is 0 Å². The zero-order chi connectivity index (χ0) is 33.8. The van der Waals surface area contributed by atoms with Gasteiger partial charge in [0.2, 0.25) is 0 Å². The first-order chi connectivity index (χ1) is 21.0. The second-order valence-corrected chi connectivity index (χ2v) is 17.5. The van der Waals surface area contributed by atoms with E-state index in [1.807, 2.05) is 94.5 Å². The van der Waals surface area contributed by atoms with Gasteiger partial charge < -0.3 is 34.3 Å². The molecule has 2 rings (SSSR count). The number of benzene rings is 2. The van der Waals surface area contributed by atoms with E-state index < -0.39 is 62.3 Å². The summed E-state index contributed by atoms with van der Waals surface area (Å²) in [5.41, 5.74) is 1.61. The molecule has 0 heterocycles. The Morgan fingerprint density at radius 1 is 0.600 bits per heavy atom. The molecule has 12 heteroatoms. The molecular weight excluding hydrogens is 600 g/mol. The topological polar surface area (TPSA) is 177 Å². The average molecular weight is 647 g/mol. The number of hydrogen-bond acceptors (Lipinski definition) is 7. The maximum absolute atomic E-state index is 11.9. The quantitative estimate of drug-likeness (QED) is 0.103. The molecule has 0 aliphatic rings. The van der Waals surface area contributed by atoms with Crippen LogP contribution in [0.15, 0.2) is 60.7 Å². The second kappa shape index (κ2) is 17.2.